The number of hydrogen-bond donors (Lipinski definition) is 1. The van der Waals surface area contributed by atoms with Crippen LogP contribution < -0.4 is 5.32 Å². The molecule has 0 amide bonds. The van der Waals surface area contributed by atoms with Crippen LogP contribution in [0.15, 0.2) is 10.8 Å². The molecule has 1 unspecified atom stereocenters. The number of ether oxygens (including phenoxy) is 1. The average molecular weight is 309 g/mol. The molecule has 1 N–H and O–H groups in total. The summed E-state index contributed by atoms with van der Waals surface area (Å²) in [6.07, 6.45) is 3.53. The van der Waals surface area contributed by atoms with Gasteiger partial charge >= 0.3 is 0 Å². The van der Waals surface area contributed by atoms with E-state index in [1.54, 1.807) is 7.11 Å². The molecule has 90 valence electrons. The smallest absolute Gasteiger partial charge is 0.148 e. The van der Waals surface area contributed by atoms with Gasteiger partial charge in [-0.2, -0.15) is 0 Å². The highest BCUT2D eigenvalue weighted by molar-refractivity contribution is 9.10. The Morgan fingerprint density at radius 2 is 2.31 bits per heavy atom. The Morgan fingerprint density at radius 3 is 2.94 bits per heavy atom. The van der Waals surface area contributed by atoms with Crippen LogP contribution >= 0.6 is 27.5 Å². The zero-order chi connectivity index (χ0) is 12.0. The minimum atomic E-state index is 0.234. The van der Waals surface area contributed by atoms with Crippen LogP contribution in [0.1, 0.15) is 19.8 Å². The Balaban J connectivity index is 2.72. The van der Waals surface area contributed by atoms with Gasteiger partial charge in [-0.1, -0.05) is 24.9 Å². The van der Waals surface area contributed by atoms with Crippen molar-refractivity contribution in [3.05, 3.63) is 16.0 Å². The van der Waals surface area contributed by atoms with Gasteiger partial charge in [0.2, 0.25) is 0 Å². The van der Waals surface area contributed by atoms with Crippen LogP contribution in [0.2, 0.25) is 5.15 Å². The lowest BCUT2D eigenvalue weighted by Crippen LogP contribution is -2.25. The van der Waals surface area contributed by atoms with E-state index in [0.717, 1.165) is 12.8 Å². The van der Waals surface area contributed by atoms with E-state index >= 15 is 0 Å². The van der Waals surface area contributed by atoms with Crippen LogP contribution in [0.4, 0.5) is 5.82 Å². The molecule has 6 heteroatoms. The third kappa shape index (κ3) is 3.88. The van der Waals surface area contributed by atoms with E-state index in [0.29, 0.717) is 22.1 Å². The van der Waals surface area contributed by atoms with Gasteiger partial charge in [0.15, 0.2) is 0 Å². The molecule has 1 aromatic rings. The number of nitrogens with one attached hydrogen (secondary N) is 1. The van der Waals surface area contributed by atoms with Crippen molar-refractivity contribution < 1.29 is 4.74 Å². The number of anilines is 1. The summed E-state index contributed by atoms with van der Waals surface area (Å²) < 4.78 is 5.83. The second-order valence-corrected chi connectivity index (χ2v) is 4.56. The van der Waals surface area contributed by atoms with Crippen molar-refractivity contribution in [2.75, 3.05) is 19.0 Å². The van der Waals surface area contributed by atoms with E-state index in [9.17, 15) is 0 Å². The van der Waals surface area contributed by atoms with Gasteiger partial charge in [-0.25, -0.2) is 9.97 Å². The summed E-state index contributed by atoms with van der Waals surface area (Å²) in [7, 11) is 1.69. The van der Waals surface area contributed by atoms with Crippen molar-refractivity contribution >= 4 is 33.3 Å². The van der Waals surface area contributed by atoms with Gasteiger partial charge < -0.3 is 10.1 Å². The van der Waals surface area contributed by atoms with E-state index in [1.165, 1.54) is 6.33 Å². The number of rotatable bonds is 6. The molecule has 0 aliphatic rings. The van der Waals surface area contributed by atoms with E-state index in [1.807, 2.05) is 0 Å². The Labute approximate surface area is 109 Å². The van der Waals surface area contributed by atoms with Crippen LogP contribution in [-0.2, 0) is 4.74 Å². The number of aromatic nitrogens is 2. The quantitative estimate of drug-likeness (QED) is 0.820. The second-order valence-electron chi connectivity index (χ2n) is 3.41. The van der Waals surface area contributed by atoms with Crippen molar-refractivity contribution in [2.45, 2.75) is 25.8 Å². The predicted octanol–water partition coefficient (Wildman–Crippen LogP) is 3.12. The third-order valence-corrected chi connectivity index (χ3v) is 3.36. The minimum Gasteiger partial charge on any atom is -0.383 e. The fourth-order valence-electron chi connectivity index (χ4n) is 1.39. The molecule has 0 aliphatic heterocycles. The van der Waals surface area contributed by atoms with Gasteiger partial charge in [0.05, 0.1) is 17.1 Å². The molecule has 4 nitrogen and oxygen atoms in total. The summed E-state index contributed by atoms with van der Waals surface area (Å²) in [5.74, 6) is 0.704. The molecule has 1 atom stereocenters. The molecule has 0 spiro atoms. The van der Waals surface area contributed by atoms with Crippen molar-refractivity contribution in [3.63, 3.8) is 0 Å². The zero-order valence-electron chi connectivity index (χ0n) is 9.33. The van der Waals surface area contributed by atoms with Gasteiger partial charge in [0.25, 0.3) is 0 Å². The largest absolute Gasteiger partial charge is 0.383 e. The van der Waals surface area contributed by atoms with Crippen molar-refractivity contribution in [3.8, 4) is 0 Å². The first-order valence-corrected chi connectivity index (χ1v) is 6.27. The van der Waals surface area contributed by atoms with Crippen molar-refractivity contribution in [2.24, 2.45) is 0 Å². The maximum atomic E-state index is 5.88. The van der Waals surface area contributed by atoms with E-state index in [-0.39, 0.29) is 6.04 Å². The maximum Gasteiger partial charge on any atom is 0.148 e. The average Bonchev–Trinajstić information content (AvgIpc) is 2.25. The SMILES string of the molecule is CCCC(COC)Nc1ncnc(Cl)c1Br. The maximum absolute atomic E-state index is 5.88. The van der Waals surface area contributed by atoms with Gasteiger partial charge in [-0.05, 0) is 22.4 Å². The Hall–Kier alpha value is -0.390. The highest BCUT2D eigenvalue weighted by Crippen LogP contribution is 2.26. The Kier molecular flexibility index (Phi) is 6.01. The summed E-state index contributed by atoms with van der Waals surface area (Å²) in [6, 6.07) is 0.234. The second kappa shape index (κ2) is 7.04. The zero-order valence-corrected chi connectivity index (χ0v) is 11.7. The number of hydrogen-bond acceptors (Lipinski definition) is 4. The lowest BCUT2D eigenvalue weighted by atomic mass is 10.2. The molecule has 0 saturated heterocycles. The molecule has 1 aromatic heterocycles. The number of halogens is 2. The summed E-state index contributed by atoms with van der Waals surface area (Å²) >= 11 is 9.23. The lowest BCUT2D eigenvalue weighted by Gasteiger charge is -2.18. The normalized spacial score (nSPS) is 12.5. The molecule has 0 aliphatic carbocycles. The number of nitrogens with zero attached hydrogens (tertiary/aromatic N) is 2. The monoisotopic (exact) mass is 307 g/mol. The fraction of sp³-hybridized carbons (Fsp3) is 0.600. The molecule has 0 fully saturated rings. The first kappa shape index (κ1) is 13.7. The number of methoxy groups -OCH3 is 1. The molecule has 1 heterocycles. The van der Waals surface area contributed by atoms with Crippen molar-refractivity contribution in [1.82, 2.24) is 9.97 Å². The highest BCUT2D eigenvalue weighted by Gasteiger charge is 2.12. The molecular weight excluding hydrogens is 293 g/mol. The van der Waals surface area contributed by atoms with E-state index < -0.39 is 0 Å². The topological polar surface area (TPSA) is 47.0 Å². The molecule has 0 radical (unpaired) electrons. The Bertz CT molecular complexity index is 332. The fourth-order valence-corrected chi connectivity index (χ4v) is 1.84. The summed E-state index contributed by atoms with van der Waals surface area (Å²) in [5.41, 5.74) is 0. The molecule has 0 bridgehead atoms. The van der Waals surface area contributed by atoms with Gasteiger partial charge in [0, 0.05) is 7.11 Å². The summed E-state index contributed by atoms with van der Waals surface area (Å²) in [4.78, 5) is 8.01. The van der Waals surface area contributed by atoms with E-state index in [2.05, 4.69) is 38.1 Å². The van der Waals surface area contributed by atoms with Gasteiger partial charge in [-0.15, -0.1) is 0 Å². The van der Waals surface area contributed by atoms with Crippen LogP contribution in [0.3, 0.4) is 0 Å². The van der Waals surface area contributed by atoms with Gasteiger partial charge in [-0.3, -0.25) is 0 Å². The molecule has 0 saturated carbocycles. The van der Waals surface area contributed by atoms with Gasteiger partial charge in [0.1, 0.15) is 17.3 Å². The molecule has 1 rings (SSSR count). The first-order valence-electron chi connectivity index (χ1n) is 5.10. The standard InChI is InChI=1S/C10H15BrClN3O/c1-3-4-7(5-16-2)15-10-8(11)9(12)13-6-14-10/h6-7H,3-5H2,1-2H3,(H,13,14,15). The molecule has 0 aromatic carbocycles. The first-order chi connectivity index (χ1) is 7.69. The molecule has 16 heavy (non-hydrogen) atoms. The van der Waals surface area contributed by atoms with Crippen LogP contribution in [0.25, 0.3) is 0 Å². The Morgan fingerprint density at radius 1 is 1.56 bits per heavy atom. The highest BCUT2D eigenvalue weighted by atomic mass is 79.9. The van der Waals surface area contributed by atoms with Crippen molar-refractivity contribution in [1.29, 1.82) is 0 Å². The van der Waals surface area contributed by atoms with Crippen LogP contribution in [0.5, 0.6) is 0 Å². The minimum absolute atomic E-state index is 0.234. The predicted molar refractivity (Wildman–Crippen MR) is 68.9 cm³/mol. The molecular formula is C10H15BrClN3O. The van der Waals surface area contributed by atoms with Crippen LogP contribution in [0, 0.1) is 0 Å². The lowest BCUT2D eigenvalue weighted by molar-refractivity contribution is 0.182. The van der Waals surface area contributed by atoms with Crippen LogP contribution in [-0.4, -0.2) is 29.7 Å². The summed E-state index contributed by atoms with van der Waals surface area (Å²) in [6.45, 7) is 2.77. The summed E-state index contributed by atoms with van der Waals surface area (Å²) in [5, 5.41) is 3.69. The third-order valence-electron chi connectivity index (χ3n) is 2.09. The van der Waals surface area contributed by atoms with E-state index in [4.69, 9.17) is 16.3 Å².